The predicted molar refractivity (Wildman–Crippen MR) is 115 cm³/mol. The monoisotopic (exact) mass is 429 g/mol. The molecule has 3 rings (SSSR count). The third kappa shape index (κ3) is 4.56. The number of hydrogen-bond donors (Lipinski definition) is 2. The number of hydrogen-bond acceptors (Lipinski definition) is 7. The molecule has 2 amide bonds. The number of ether oxygens (including phenoxy) is 1. The normalized spacial score (nSPS) is 16.1. The van der Waals surface area contributed by atoms with Gasteiger partial charge >= 0.3 is 0 Å². The Bertz CT molecular complexity index is 979. The number of phenols is 1. The highest BCUT2D eigenvalue weighted by Crippen LogP contribution is 2.40. The third-order valence-corrected chi connectivity index (χ3v) is 5.92. The number of nitroso groups, excluding NO2 is 1. The summed E-state index contributed by atoms with van der Waals surface area (Å²) in [7, 11) is 0. The third-order valence-electron chi connectivity index (χ3n) is 4.72. The lowest BCUT2D eigenvalue weighted by Gasteiger charge is -2.25. The molecular formula is C21H23N3O5S. The molecule has 1 aliphatic heterocycles. The van der Waals surface area contributed by atoms with Gasteiger partial charge in [0, 0.05) is 5.56 Å². The number of benzene rings is 2. The minimum absolute atomic E-state index is 0.0566. The number of nitrogens with zero attached hydrogens (tertiary/aromatic N) is 2. The van der Waals surface area contributed by atoms with E-state index >= 15 is 0 Å². The Morgan fingerprint density at radius 3 is 2.77 bits per heavy atom. The van der Waals surface area contributed by atoms with E-state index in [0.29, 0.717) is 22.6 Å². The Balaban J connectivity index is 1.71. The number of phenolic OH excluding ortho intramolecular Hbond substituents is 1. The SMILES string of the molecule is Cc1cc(OCC(=O)NN2C(=O)CSC2c2ccccc2O)c(C(C)C)cc1N=O. The second-order valence-corrected chi connectivity index (χ2v) is 8.30. The Hall–Kier alpha value is -3.07. The first-order valence-electron chi connectivity index (χ1n) is 9.43. The fourth-order valence-corrected chi connectivity index (χ4v) is 4.28. The van der Waals surface area contributed by atoms with Crippen LogP contribution in [-0.4, -0.2) is 34.3 Å². The first-order valence-corrected chi connectivity index (χ1v) is 10.5. The molecule has 0 spiro atoms. The molecule has 0 aromatic heterocycles. The summed E-state index contributed by atoms with van der Waals surface area (Å²) in [4.78, 5) is 35.7. The van der Waals surface area contributed by atoms with Crippen molar-refractivity contribution in [3.63, 3.8) is 0 Å². The largest absolute Gasteiger partial charge is 0.508 e. The van der Waals surface area contributed by atoms with Crippen LogP contribution in [0, 0.1) is 11.8 Å². The van der Waals surface area contributed by atoms with Crippen LogP contribution in [0.1, 0.15) is 41.8 Å². The zero-order chi connectivity index (χ0) is 21.8. The van der Waals surface area contributed by atoms with Gasteiger partial charge in [-0.2, -0.15) is 0 Å². The van der Waals surface area contributed by atoms with Gasteiger partial charge in [-0.3, -0.25) is 15.0 Å². The number of thioether (sulfide) groups is 1. The van der Waals surface area contributed by atoms with E-state index in [9.17, 15) is 19.6 Å². The summed E-state index contributed by atoms with van der Waals surface area (Å²) in [6.45, 7) is 5.33. The number of para-hydroxylation sites is 1. The average Bonchev–Trinajstić information content (AvgIpc) is 3.06. The van der Waals surface area contributed by atoms with Gasteiger partial charge in [0.25, 0.3) is 11.8 Å². The number of rotatable bonds is 7. The molecule has 1 heterocycles. The smallest absolute Gasteiger partial charge is 0.276 e. The predicted octanol–water partition coefficient (Wildman–Crippen LogP) is 3.91. The highest BCUT2D eigenvalue weighted by molar-refractivity contribution is 8.00. The lowest BCUT2D eigenvalue weighted by molar-refractivity contribution is -0.140. The van der Waals surface area contributed by atoms with Crippen LogP contribution in [0.2, 0.25) is 0 Å². The molecule has 0 aliphatic carbocycles. The Labute approximate surface area is 178 Å². The van der Waals surface area contributed by atoms with Crippen LogP contribution < -0.4 is 10.2 Å². The second kappa shape index (κ2) is 9.17. The number of carbonyl (C=O) groups excluding carboxylic acids is 2. The molecule has 8 nitrogen and oxygen atoms in total. The topological polar surface area (TPSA) is 108 Å². The van der Waals surface area contributed by atoms with Crippen LogP contribution in [-0.2, 0) is 9.59 Å². The first-order chi connectivity index (χ1) is 14.3. The molecule has 1 saturated heterocycles. The second-order valence-electron chi connectivity index (χ2n) is 7.23. The fraction of sp³-hybridized carbons (Fsp3) is 0.333. The van der Waals surface area contributed by atoms with Gasteiger partial charge < -0.3 is 9.84 Å². The summed E-state index contributed by atoms with van der Waals surface area (Å²) in [5, 5.41) is 13.8. The molecule has 0 radical (unpaired) electrons. The molecule has 2 N–H and O–H groups in total. The van der Waals surface area contributed by atoms with Crippen LogP contribution in [0.4, 0.5) is 5.69 Å². The summed E-state index contributed by atoms with van der Waals surface area (Å²) in [6, 6.07) is 10.0. The minimum atomic E-state index is -0.519. The van der Waals surface area contributed by atoms with Gasteiger partial charge in [-0.1, -0.05) is 32.0 Å². The number of aryl methyl sites for hydroxylation is 1. The Morgan fingerprint density at radius 2 is 2.10 bits per heavy atom. The Morgan fingerprint density at radius 1 is 1.37 bits per heavy atom. The summed E-state index contributed by atoms with van der Waals surface area (Å²) >= 11 is 1.32. The van der Waals surface area contributed by atoms with E-state index in [1.54, 1.807) is 37.3 Å². The lowest BCUT2D eigenvalue weighted by Crippen LogP contribution is -2.46. The molecule has 2 aromatic carbocycles. The van der Waals surface area contributed by atoms with Gasteiger partial charge in [0.1, 0.15) is 22.6 Å². The molecule has 1 unspecified atom stereocenters. The average molecular weight is 429 g/mol. The van der Waals surface area contributed by atoms with E-state index in [1.807, 2.05) is 13.8 Å². The van der Waals surface area contributed by atoms with Gasteiger partial charge in [0.2, 0.25) is 0 Å². The van der Waals surface area contributed by atoms with Gasteiger partial charge in [-0.15, -0.1) is 16.7 Å². The molecule has 30 heavy (non-hydrogen) atoms. The van der Waals surface area contributed by atoms with Crippen LogP contribution in [0.15, 0.2) is 41.6 Å². The van der Waals surface area contributed by atoms with E-state index in [0.717, 1.165) is 5.56 Å². The van der Waals surface area contributed by atoms with E-state index in [1.165, 1.54) is 22.8 Å². The van der Waals surface area contributed by atoms with Crippen molar-refractivity contribution in [1.29, 1.82) is 0 Å². The van der Waals surface area contributed by atoms with Crippen molar-refractivity contribution in [2.75, 3.05) is 12.4 Å². The maximum Gasteiger partial charge on any atom is 0.276 e. The number of carbonyl (C=O) groups is 2. The van der Waals surface area contributed by atoms with Gasteiger partial charge in [0.15, 0.2) is 6.61 Å². The van der Waals surface area contributed by atoms with Gasteiger partial charge in [0.05, 0.1) is 5.75 Å². The summed E-state index contributed by atoms with van der Waals surface area (Å²) in [5.41, 5.74) is 4.87. The fourth-order valence-electron chi connectivity index (χ4n) is 3.14. The quantitative estimate of drug-likeness (QED) is 0.646. The van der Waals surface area contributed by atoms with Crippen molar-refractivity contribution >= 4 is 29.3 Å². The molecule has 2 aromatic rings. The molecular weight excluding hydrogens is 406 g/mol. The lowest BCUT2D eigenvalue weighted by atomic mass is 9.99. The van der Waals surface area contributed by atoms with Crippen molar-refractivity contribution in [2.24, 2.45) is 5.18 Å². The number of nitrogens with one attached hydrogen (secondary N) is 1. The van der Waals surface area contributed by atoms with Crippen LogP contribution in [0.3, 0.4) is 0 Å². The number of amides is 2. The number of aromatic hydroxyl groups is 1. The number of hydrazine groups is 1. The highest BCUT2D eigenvalue weighted by atomic mass is 32.2. The van der Waals surface area contributed by atoms with Crippen LogP contribution in [0.5, 0.6) is 11.5 Å². The molecule has 1 fully saturated rings. The minimum Gasteiger partial charge on any atom is -0.508 e. The van der Waals surface area contributed by atoms with Crippen molar-refractivity contribution in [1.82, 2.24) is 10.4 Å². The summed E-state index contributed by atoms with van der Waals surface area (Å²) < 4.78 is 5.70. The van der Waals surface area contributed by atoms with Gasteiger partial charge in [-0.05, 0) is 47.3 Å². The van der Waals surface area contributed by atoms with Crippen LogP contribution >= 0.6 is 11.8 Å². The van der Waals surface area contributed by atoms with E-state index in [-0.39, 0.29) is 29.9 Å². The van der Waals surface area contributed by atoms with E-state index < -0.39 is 11.3 Å². The zero-order valence-corrected chi connectivity index (χ0v) is 17.7. The molecule has 1 atom stereocenters. The summed E-state index contributed by atoms with van der Waals surface area (Å²) in [6.07, 6.45) is 0. The first kappa shape index (κ1) is 21.6. The summed E-state index contributed by atoms with van der Waals surface area (Å²) in [5.74, 6) is 0.0337. The molecule has 0 bridgehead atoms. The van der Waals surface area contributed by atoms with Crippen molar-refractivity contribution in [3.05, 3.63) is 58.0 Å². The maximum atomic E-state index is 12.5. The molecule has 0 saturated carbocycles. The molecule has 9 heteroatoms. The highest BCUT2D eigenvalue weighted by Gasteiger charge is 2.35. The van der Waals surface area contributed by atoms with Gasteiger partial charge in [-0.25, -0.2) is 5.01 Å². The standard InChI is InChI=1S/C21H23N3O5S/c1-12(2)15-9-16(23-28)13(3)8-18(15)29-10-19(26)22-24-20(27)11-30-21(24)14-6-4-5-7-17(14)25/h4-9,12,21,25H,10-11H2,1-3H3,(H,22,26). The Kier molecular flexibility index (Phi) is 6.61. The van der Waals surface area contributed by atoms with Crippen molar-refractivity contribution in [2.45, 2.75) is 32.1 Å². The van der Waals surface area contributed by atoms with E-state index in [2.05, 4.69) is 10.6 Å². The van der Waals surface area contributed by atoms with E-state index in [4.69, 9.17) is 4.74 Å². The van der Waals surface area contributed by atoms with Crippen molar-refractivity contribution in [3.8, 4) is 11.5 Å². The van der Waals surface area contributed by atoms with Crippen molar-refractivity contribution < 1.29 is 19.4 Å². The molecule has 1 aliphatic rings. The zero-order valence-electron chi connectivity index (χ0n) is 16.9. The van der Waals surface area contributed by atoms with Crippen LogP contribution in [0.25, 0.3) is 0 Å². The molecule has 158 valence electrons. The maximum absolute atomic E-state index is 12.5.